The Kier molecular flexibility index (Phi) is 3.22. The molecule has 3 rings (SSSR count). The van der Waals surface area contributed by atoms with E-state index in [4.69, 9.17) is 4.74 Å². The Hall–Kier alpha value is -1.87. The van der Waals surface area contributed by atoms with Gasteiger partial charge in [-0.25, -0.2) is 4.39 Å². The summed E-state index contributed by atoms with van der Waals surface area (Å²) in [6, 6.07) is 13.4. The normalized spacial score (nSPS) is 16.1. The first kappa shape index (κ1) is 12.2. The molecule has 1 unspecified atom stereocenters. The first-order chi connectivity index (χ1) is 9.22. The average Bonchev–Trinajstić information content (AvgIpc) is 3.22. The van der Waals surface area contributed by atoms with Gasteiger partial charge in [0.25, 0.3) is 0 Å². The molecule has 2 aromatic rings. The number of ether oxygens (including phenoxy) is 1. The van der Waals surface area contributed by atoms with Gasteiger partial charge in [-0.3, -0.25) is 0 Å². The number of aliphatic hydroxyl groups excluding tert-OH is 1. The van der Waals surface area contributed by atoms with E-state index in [1.165, 1.54) is 12.1 Å². The van der Waals surface area contributed by atoms with Crippen molar-refractivity contribution in [3.63, 3.8) is 0 Å². The Bertz CT molecular complexity index is 578. The highest BCUT2D eigenvalue weighted by Gasteiger charge is 2.23. The van der Waals surface area contributed by atoms with Gasteiger partial charge in [-0.2, -0.15) is 0 Å². The SMILES string of the molecule is OC(c1cccc(F)c1)c1cccc(OC2CC2)c1. The Balaban J connectivity index is 1.83. The highest BCUT2D eigenvalue weighted by Crippen LogP contribution is 2.30. The van der Waals surface area contributed by atoms with Crippen LogP contribution in [0.5, 0.6) is 5.75 Å². The fourth-order valence-electron chi connectivity index (χ4n) is 2.01. The molecular weight excluding hydrogens is 243 g/mol. The van der Waals surface area contributed by atoms with Gasteiger partial charge in [0, 0.05) is 0 Å². The molecule has 2 nitrogen and oxygen atoms in total. The molecule has 0 amide bonds. The van der Waals surface area contributed by atoms with Crippen LogP contribution >= 0.6 is 0 Å². The Morgan fingerprint density at radius 3 is 2.42 bits per heavy atom. The maximum Gasteiger partial charge on any atom is 0.123 e. The molecule has 19 heavy (non-hydrogen) atoms. The molecule has 0 spiro atoms. The first-order valence-corrected chi connectivity index (χ1v) is 6.42. The van der Waals surface area contributed by atoms with Gasteiger partial charge in [0.2, 0.25) is 0 Å². The van der Waals surface area contributed by atoms with Gasteiger partial charge in [0.05, 0.1) is 6.10 Å². The van der Waals surface area contributed by atoms with Crippen LogP contribution in [0, 0.1) is 5.82 Å². The molecule has 0 aromatic heterocycles. The molecule has 1 fully saturated rings. The number of halogens is 1. The van der Waals surface area contributed by atoms with Crippen molar-refractivity contribution < 1.29 is 14.2 Å². The summed E-state index contributed by atoms with van der Waals surface area (Å²) in [6.45, 7) is 0. The summed E-state index contributed by atoms with van der Waals surface area (Å²) in [5.74, 6) is 0.414. The van der Waals surface area contributed by atoms with Crippen LogP contribution in [-0.4, -0.2) is 11.2 Å². The Morgan fingerprint density at radius 2 is 1.74 bits per heavy atom. The lowest BCUT2D eigenvalue weighted by Crippen LogP contribution is -2.02. The number of aliphatic hydroxyl groups is 1. The molecular formula is C16H15FO2. The van der Waals surface area contributed by atoms with Gasteiger partial charge in [-0.05, 0) is 48.2 Å². The van der Waals surface area contributed by atoms with Crippen LogP contribution in [0.15, 0.2) is 48.5 Å². The molecule has 2 aromatic carbocycles. The summed E-state index contributed by atoms with van der Waals surface area (Å²) in [4.78, 5) is 0. The molecule has 0 bridgehead atoms. The van der Waals surface area contributed by atoms with E-state index in [0.717, 1.165) is 18.6 Å². The van der Waals surface area contributed by atoms with Crippen molar-refractivity contribution in [3.8, 4) is 5.75 Å². The number of rotatable bonds is 4. The van der Waals surface area contributed by atoms with Crippen molar-refractivity contribution in [3.05, 3.63) is 65.5 Å². The van der Waals surface area contributed by atoms with E-state index in [2.05, 4.69) is 0 Å². The van der Waals surface area contributed by atoms with E-state index in [1.54, 1.807) is 12.1 Å². The van der Waals surface area contributed by atoms with E-state index in [0.29, 0.717) is 17.2 Å². The third-order valence-electron chi connectivity index (χ3n) is 3.17. The summed E-state index contributed by atoms with van der Waals surface area (Å²) < 4.78 is 18.9. The van der Waals surface area contributed by atoms with Crippen molar-refractivity contribution in [2.75, 3.05) is 0 Å². The van der Waals surface area contributed by atoms with Crippen LogP contribution < -0.4 is 4.74 Å². The third kappa shape index (κ3) is 2.93. The van der Waals surface area contributed by atoms with Gasteiger partial charge in [0.15, 0.2) is 0 Å². The molecule has 1 aliphatic carbocycles. The standard InChI is InChI=1S/C16H15FO2/c17-13-5-1-3-11(9-13)16(18)12-4-2-6-15(10-12)19-14-7-8-14/h1-6,9-10,14,16,18H,7-8H2. The summed E-state index contributed by atoms with van der Waals surface area (Å²) in [5, 5.41) is 10.3. The first-order valence-electron chi connectivity index (χ1n) is 6.42. The topological polar surface area (TPSA) is 29.5 Å². The predicted octanol–water partition coefficient (Wildman–Crippen LogP) is 3.45. The van der Waals surface area contributed by atoms with E-state index in [1.807, 2.05) is 24.3 Å². The third-order valence-corrected chi connectivity index (χ3v) is 3.17. The quantitative estimate of drug-likeness (QED) is 0.910. The summed E-state index contributed by atoms with van der Waals surface area (Å²) in [5.41, 5.74) is 1.26. The maximum absolute atomic E-state index is 13.2. The molecule has 0 radical (unpaired) electrons. The second kappa shape index (κ2) is 5.02. The molecule has 1 N–H and O–H groups in total. The second-order valence-corrected chi connectivity index (χ2v) is 4.85. The molecule has 1 saturated carbocycles. The minimum atomic E-state index is -0.835. The largest absolute Gasteiger partial charge is 0.490 e. The molecule has 0 aliphatic heterocycles. The van der Waals surface area contributed by atoms with Gasteiger partial charge < -0.3 is 9.84 Å². The monoisotopic (exact) mass is 258 g/mol. The van der Waals surface area contributed by atoms with Crippen LogP contribution in [0.3, 0.4) is 0 Å². The van der Waals surface area contributed by atoms with Gasteiger partial charge in [-0.1, -0.05) is 24.3 Å². The lowest BCUT2D eigenvalue weighted by atomic mass is 10.0. The van der Waals surface area contributed by atoms with Crippen LogP contribution in [0.1, 0.15) is 30.1 Å². The van der Waals surface area contributed by atoms with E-state index in [9.17, 15) is 9.50 Å². The van der Waals surface area contributed by atoms with Crippen LogP contribution in [0.25, 0.3) is 0 Å². The zero-order chi connectivity index (χ0) is 13.2. The van der Waals surface area contributed by atoms with Gasteiger partial charge >= 0.3 is 0 Å². The molecule has 1 atom stereocenters. The van der Waals surface area contributed by atoms with Crippen molar-refractivity contribution >= 4 is 0 Å². The molecule has 3 heteroatoms. The van der Waals surface area contributed by atoms with Gasteiger partial charge in [-0.15, -0.1) is 0 Å². The minimum Gasteiger partial charge on any atom is -0.490 e. The fraction of sp³-hybridized carbons (Fsp3) is 0.250. The number of benzene rings is 2. The van der Waals surface area contributed by atoms with Crippen molar-refractivity contribution in [2.24, 2.45) is 0 Å². The van der Waals surface area contributed by atoms with E-state index in [-0.39, 0.29) is 5.82 Å². The molecule has 98 valence electrons. The van der Waals surface area contributed by atoms with Crippen LogP contribution in [0.2, 0.25) is 0 Å². The van der Waals surface area contributed by atoms with Crippen molar-refractivity contribution in [2.45, 2.75) is 25.0 Å². The maximum atomic E-state index is 13.2. The summed E-state index contributed by atoms with van der Waals surface area (Å²) >= 11 is 0. The number of hydrogen-bond acceptors (Lipinski definition) is 2. The van der Waals surface area contributed by atoms with Crippen molar-refractivity contribution in [1.29, 1.82) is 0 Å². The number of hydrogen-bond donors (Lipinski definition) is 1. The van der Waals surface area contributed by atoms with Gasteiger partial charge in [0.1, 0.15) is 17.7 Å². The highest BCUT2D eigenvalue weighted by molar-refractivity contribution is 5.35. The molecule has 0 heterocycles. The molecule has 1 aliphatic rings. The van der Waals surface area contributed by atoms with E-state index >= 15 is 0 Å². The summed E-state index contributed by atoms with van der Waals surface area (Å²) in [6.07, 6.45) is 1.67. The second-order valence-electron chi connectivity index (χ2n) is 4.85. The van der Waals surface area contributed by atoms with Crippen LogP contribution in [-0.2, 0) is 0 Å². The van der Waals surface area contributed by atoms with E-state index < -0.39 is 6.10 Å². The zero-order valence-electron chi connectivity index (χ0n) is 10.4. The summed E-state index contributed by atoms with van der Waals surface area (Å²) in [7, 11) is 0. The predicted molar refractivity (Wildman–Crippen MR) is 70.6 cm³/mol. The lowest BCUT2D eigenvalue weighted by molar-refractivity contribution is 0.218. The molecule has 0 saturated heterocycles. The highest BCUT2D eigenvalue weighted by atomic mass is 19.1. The fourth-order valence-corrected chi connectivity index (χ4v) is 2.01. The van der Waals surface area contributed by atoms with Crippen LogP contribution in [0.4, 0.5) is 4.39 Å². The zero-order valence-corrected chi connectivity index (χ0v) is 10.4. The Labute approximate surface area is 111 Å². The average molecular weight is 258 g/mol. The Morgan fingerprint density at radius 1 is 1.05 bits per heavy atom. The smallest absolute Gasteiger partial charge is 0.123 e. The lowest BCUT2D eigenvalue weighted by Gasteiger charge is -2.13. The van der Waals surface area contributed by atoms with Crippen molar-refractivity contribution in [1.82, 2.24) is 0 Å². The minimum absolute atomic E-state index is 0.321.